The highest BCUT2D eigenvalue weighted by molar-refractivity contribution is 6.33. The van der Waals surface area contributed by atoms with E-state index in [1.165, 1.54) is 0 Å². The van der Waals surface area contributed by atoms with Gasteiger partial charge in [-0.25, -0.2) is 0 Å². The molecule has 146 valence electrons. The molecule has 2 heterocycles. The highest BCUT2D eigenvalue weighted by atomic mass is 35.5. The fourth-order valence-electron chi connectivity index (χ4n) is 3.98. The van der Waals surface area contributed by atoms with Crippen LogP contribution in [0, 0.1) is 12.8 Å². The van der Waals surface area contributed by atoms with Crippen molar-refractivity contribution in [1.29, 1.82) is 0 Å². The summed E-state index contributed by atoms with van der Waals surface area (Å²) in [6.07, 6.45) is 0.289. The second kappa shape index (κ2) is 7.84. The molecule has 28 heavy (non-hydrogen) atoms. The first kappa shape index (κ1) is 18.8. The Hall–Kier alpha value is -2.53. The summed E-state index contributed by atoms with van der Waals surface area (Å²) in [6, 6.07) is 15.7. The topological polar surface area (TPSA) is 43.9 Å². The van der Waals surface area contributed by atoms with Crippen LogP contribution >= 0.6 is 11.6 Å². The highest BCUT2D eigenvalue weighted by Gasteiger charge is 2.38. The van der Waals surface area contributed by atoms with Gasteiger partial charge in [-0.15, -0.1) is 0 Å². The van der Waals surface area contributed by atoms with E-state index in [0.717, 1.165) is 35.1 Å². The third-order valence-electron chi connectivity index (χ3n) is 5.60. The third-order valence-corrected chi connectivity index (χ3v) is 5.92. The van der Waals surface area contributed by atoms with Crippen molar-refractivity contribution in [2.75, 3.05) is 42.5 Å². The SMILES string of the molecule is Cc1ccc(N2C[C@H](C(=O)N3CCN(c4ccccc4Cl)CC3)CC2=O)cc1. The molecule has 0 unspecified atom stereocenters. The number of amides is 2. The Bertz CT molecular complexity index is 876. The summed E-state index contributed by atoms with van der Waals surface area (Å²) in [5, 5.41) is 0.734. The van der Waals surface area contributed by atoms with Crippen LogP contribution < -0.4 is 9.80 Å². The van der Waals surface area contributed by atoms with Gasteiger partial charge in [-0.1, -0.05) is 41.4 Å². The van der Waals surface area contributed by atoms with Gasteiger partial charge in [0.1, 0.15) is 0 Å². The lowest BCUT2D eigenvalue weighted by Gasteiger charge is -2.37. The summed E-state index contributed by atoms with van der Waals surface area (Å²) < 4.78 is 0. The van der Waals surface area contributed by atoms with Gasteiger partial charge in [0.25, 0.3) is 0 Å². The van der Waals surface area contributed by atoms with Gasteiger partial charge in [-0.3, -0.25) is 9.59 Å². The van der Waals surface area contributed by atoms with E-state index in [2.05, 4.69) is 4.90 Å². The Morgan fingerprint density at radius 2 is 1.68 bits per heavy atom. The molecular formula is C22H24ClN3O2. The van der Waals surface area contributed by atoms with Crippen molar-refractivity contribution >= 4 is 34.8 Å². The van der Waals surface area contributed by atoms with Crippen LogP contribution in [0.5, 0.6) is 0 Å². The van der Waals surface area contributed by atoms with Gasteiger partial charge in [0.15, 0.2) is 0 Å². The monoisotopic (exact) mass is 397 g/mol. The largest absolute Gasteiger partial charge is 0.367 e. The third kappa shape index (κ3) is 3.72. The van der Waals surface area contributed by atoms with Crippen LogP contribution in [0.15, 0.2) is 48.5 Å². The summed E-state index contributed by atoms with van der Waals surface area (Å²) in [4.78, 5) is 31.3. The maximum Gasteiger partial charge on any atom is 0.228 e. The molecule has 0 N–H and O–H groups in total. The van der Waals surface area contributed by atoms with Crippen molar-refractivity contribution in [2.24, 2.45) is 5.92 Å². The van der Waals surface area contributed by atoms with Gasteiger partial charge >= 0.3 is 0 Å². The molecule has 0 radical (unpaired) electrons. The van der Waals surface area contributed by atoms with Crippen molar-refractivity contribution in [3.63, 3.8) is 0 Å². The predicted molar refractivity (Wildman–Crippen MR) is 112 cm³/mol. The Morgan fingerprint density at radius 1 is 1.00 bits per heavy atom. The summed E-state index contributed by atoms with van der Waals surface area (Å²) in [5.74, 6) is -0.153. The molecule has 2 saturated heterocycles. The number of piperazine rings is 1. The van der Waals surface area contributed by atoms with E-state index < -0.39 is 0 Å². The molecule has 2 amide bonds. The molecule has 0 aromatic heterocycles. The van der Waals surface area contributed by atoms with Crippen LogP contribution in [0.2, 0.25) is 5.02 Å². The second-order valence-electron chi connectivity index (χ2n) is 7.50. The van der Waals surface area contributed by atoms with E-state index >= 15 is 0 Å². The van der Waals surface area contributed by atoms with Gasteiger partial charge in [0, 0.05) is 44.8 Å². The van der Waals surface area contributed by atoms with E-state index in [9.17, 15) is 9.59 Å². The molecule has 0 saturated carbocycles. The zero-order valence-corrected chi connectivity index (χ0v) is 16.7. The Labute approximate surface area is 170 Å². The van der Waals surface area contributed by atoms with Crippen molar-refractivity contribution in [3.8, 4) is 0 Å². The maximum absolute atomic E-state index is 13.0. The van der Waals surface area contributed by atoms with Crippen LogP contribution in [0.3, 0.4) is 0 Å². The lowest BCUT2D eigenvalue weighted by molar-refractivity contribution is -0.136. The molecule has 2 aromatic carbocycles. The fraction of sp³-hybridized carbons (Fsp3) is 0.364. The number of aryl methyl sites for hydroxylation is 1. The van der Waals surface area contributed by atoms with E-state index in [1.807, 2.05) is 60.4 Å². The molecular weight excluding hydrogens is 374 g/mol. The molecule has 5 nitrogen and oxygen atoms in total. The first-order valence-electron chi connectivity index (χ1n) is 9.68. The zero-order valence-electron chi connectivity index (χ0n) is 16.0. The molecule has 0 spiro atoms. The lowest BCUT2D eigenvalue weighted by atomic mass is 10.1. The van der Waals surface area contributed by atoms with Crippen molar-refractivity contribution in [2.45, 2.75) is 13.3 Å². The van der Waals surface area contributed by atoms with Crippen LogP contribution in [0.4, 0.5) is 11.4 Å². The molecule has 1 atom stereocenters. The Balaban J connectivity index is 1.37. The van der Waals surface area contributed by atoms with E-state index in [1.54, 1.807) is 4.90 Å². The van der Waals surface area contributed by atoms with Crippen LogP contribution in [-0.2, 0) is 9.59 Å². The molecule has 2 fully saturated rings. The number of hydrogen-bond donors (Lipinski definition) is 0. The Kier molecular flexibility index (Phi) is 5.27. The number of benzene rings is 2. The smallest absolute Gasteiger partial charge is 0.228 e. The van der Waals surface area contributed by atoms with Crippen LogP contribution in [0.1, 0.15) is 12.0 Å². The van der Waals surface area contributed by atoms with Crippen LogP contribution in [-0.4, -0.2) is 49.4 Å². The van der Waals surface area contributed by atoms with Crippen molar-refractivity contribution in [1.82, 2.24) is 4.90 Å². The molecule has 6 heteroatoms. The average Bonchev–Trinajstić information content (AvgIpc) is 3.10. The number of nitrogens with zero attached hydrogens (tertiary/aromatic N) is 3. The minimum Gasteiger partial charge on any atom is -0.367 e. The van der Waals surface area contributed by atoms with Crippen molar-refractivity contribution in [3.05, 3.63) is 59.1 Å². The quantitative estimate of drug-likeness (QED) is 0.797. The molecule has 2 aromatic rings. The lowest BCUT2D eigenvalue weighted by Crippen LogP contribution is -2.50. The van der Waals surface area contributed by atoms with Gasteiger partial charge < -0.3 is 14.7 Å². The number of halogens is 1. The maximum atomic E-state index is 13.0. The van der Waals surface area contributed by atoms with Gasteiger partial charge in [0.2, 0.25) is 11.8 Å². The number of rotatable bonds is 3. The molecule has 0 bridgehead atoms. The van der Waals surface area contributed by atoms with E-state index in [-0.39, 0.29) is 24.2 Å². The second-order valence-corrected chi connectivity index (χ2v) is 7.91. The number of carbonyl (C=O) groups is 2. The van der Waals surface area contributed by atoms with Gasteiger partial charge in [-0.05, 0) is 31.2 Å². The summed E-state index contributed by atoms with van der Waals surface area (Å²) in [7, 11) is 0. The average molecular weight is 398 g/mol. The van der Waals surface area contributed by atoms with Crippen molar-refractivity contribution < 1.29 is 9.59 Å². The number of carbonyl (C=O) groups excluding carboxylic acids is 2. The standard InChI is InChI=1S/C22H24ClN3O2/c1-16-6-8-18(9-7-16)26-15-17(14-21(26)27)22(28)25-12-10-24(11-13-25)20-5-3-2-4-19(20)23/h2-9,17H,10-15H2,1H3/t17-/m1/s1. The minimum absolute atomic E-state index is 0.0249. The molecule has 2 aliphatic heterocycles. The minimum atomic E-state index is -0.263. The highest BCUT2D eigenvalue weighted by Crippen LogP contribution is 2.29. The molecule has 4 rings (SSSR count). The fourth-order valence-corrected chi connectivity index (χ4v) is 4.24. The first-order chi connectivity index (χ1) is 13.5. The molecule has 2 aliphatic rings. The Morgan fingerprint density at radius 3 is 2.36 bits per heavy atom. The normalized spacial score (nSPS) is 20.0. The number of anilines is 2. The van der Waals surface area contributed by atoms with E-state index in [4.69, 9.17) is 11.6 Å². The summed E-state index contributed by atoms with van der Waals surface area (Å²) >= 11 is 6.29. The number of para-hydroxylation sites is 1. The summed E-state index contributed by atoms with van der Waals surface area (Å²) in [6.45, 7) is 5.28. The number of hydrogen-bond acceptors (Lipinski definition) is 3. The first-order valence-corrected chi connectivity index (χ1v) is 10.1. The van der Waals surface area contributed by atoms with Gasteiger partial charge in [-0.2, -0.15) is 0 Å². The van der Waals surface area contributed by atoms with Gasteiger partial charge in [0.05, 0.1) is 16.6 Å². The molecule has 0 aliphatic carbocycles. The van der Waals surface area contributed by atoms with Crippen LogP contribution in [0.25, 0.3) is 0 Å². The zero-order chi connectivity index (χ0) is 19.7. The van der Waals surface area contributed by atoms with E-state index in [0.29, 0.717) is 19.6 Å². The predicted octanol–water partition coefficient (Wildman–Crippen LogP) is 3.35. The summed E-state index contributed by atoms with van der Waals surface area (Å²) in [5.41, 5.74) is 3.03.